The number of rotatable bonds is 3. The molecule has 64 valence electrons. The third-order valence-corrected chi connectivity index (χ3v) is 1.24. The average Bonchev–Trinajstić information content (AvgIpc) is 1.86. The van der Waals surface area contributed by atoms with Gasteiger partial charge in [0.2, 0.25) is 0 Å². The summed E-state index contributed by atoms with van der Waals surface area (Å²) in [4.78, 5) is 11.0. The molecule has 0 bridgehead atoms. The Morgan fingerprint density at radius 1 is 1.55 bits per heavy atom. The van der Waals surface area contributed by atoms with Crippen molar-refractivity contribution in [3.8, 4) is 0 Å². The molecule has 0 fully saturated rings. The van der Waals surface area contributed by atoms with Gasteiger partial charge in [-0.3, -0.25) is 4.79 Å². The van der Waals surface area contributed by atoms with Gasteiger partial charge < -0.3 is 4.74 Å². The lowest BCUT2D eigenvalue weighted by atomic mass is 10.1. The van der Waals surface area contributed by atoms with Crippen LogP contribution in [-0.4, -0.2) is 12.6 Å². The van der Waals surface area contributed by atoms with Gasteiger partial charge in [0.15, 0.2) is 0 Å². The molecule has 0 radical (unpaired) electrons. The van der Waals surface area contributed by atoms with Crippen molar-refractivity contribution in [1.29, 1.82) is 0 Å². The van der Waals surface area contributed by atoms with Crippen molar-refractivity contribution in [2.45, 2.75) is 27.7 Å². The van der Waals surface area contributed by atoms with Gasteiger partial charge in [-0.25, -0.2) is 0 Å². The monoisotopic (exact) mass is 156 g/mol. The number of ether oxygens (including phenoxy) is 1. The van der Waals surface area contributed by atoms with Crippen molar-refractivity contribution in [2.24, 2.45) is 5.92 Å². The van der Waals surface area contributed by atoms with Gasteiger partial charge in [-0.2, -0.15) is 0 Å². The van der Waals surface area contributed by atoms with Gasteiger partial charge >= 0.3 is 5.97 Å². The molecule has 0 rings (SSSR count). The van der Waals surface area contributed by atoms with E-state index in [-0.39, 0.29) is 11.9 Å². The summed E-state index contributed by atoms with van der Waals surface area (Å²) in [6.07, 6.45) is 1.90. The molecule has 0 amide bonds. The van der Waals surface area contributed by atoms with Crippen LogP contribution in [0.4, 0.5) is 0 Å². The predicted molar refractivity (Wildman–Crippen MR) is 45.2 cm³/mol. The lowest BCUT2D eigenvalue weighted by Gasteiger charge is -2.05. The van der Waals surface area contributed by atoms with Crippen LogP contribution in [0.1, 0.15) is 27.7 Å². The Bertz CT molecular complexity index is 155. The van der Waals surface area contributed by atoms with E-state index in [9.17, 15) is 4.79 Å². The standard InChI is InChI=1S/C9H16O2/c1-5-11-9(10)8(4)6-7(2)3/h6,8H,5H2,1-4H3. The molecule has 0 N–H and O–H groups in total. The van der Waals surface area contributed by atoms with E-state index in [1.165, 1.54) is 0 Å². The zero-order valence-corrected chi connectivity index (χ0v) is 7.68. The molecular formula is C9H16O2. The second-order valence-corrected chi connectivity index (χ2v) is 2.78. The van der Waals surface area contributed by atoms with Gasteiger partial charge in [-0.1, -0.05) is 11.6 Å². The first-order valence-corrected chi connectivity index (χ1v) is 3.89. The van der Waals surface area contributed by atoms with Crippen molar-refractivity contribution in [3.05, 3.63) is 11.6 Å². The van der Waals surface area contributed by atoms with Crippen molar-refractivity contribution < 1.29 is 9.53 Å². The molecule has 0 saturated carbocycles. The number of esters is 1. The molecule has 11 heavy (non-hydrogen) atoms. The molecule has 0 aliphatic carbocycles. The molecule has 2 heteroatoms. The molecule has 1 unspecified atom stereocenters. The van der Waals surface area contributed by atoms with Crippen LogP contribution in [0, 0.1) is 5.92 Å². The summed E-state index contributed by atoms with van der Waals surface area (Å²) in [5, 5.41) is 0. The zero-order chi connectivity index (χ0) is 8.85. The van der Waals surface area contributed by atoms with Crippen molar-refractivity contribution >= 4 is 5.97 Å². The van der Waals surface area contributed by atoms with Crippen LogP contribution >= 0.6 is 0 Å². The molecule has 0 aromatic carbocycles. The third-order valence-electron chi connectivity index (χ3n) is 1.24. The molecule has 1 atom stereocenters. The Hall–Kier alpha value is -0.790. The second kappa shape index (κ2) is 4.94. The smallest absolute Gasteiger partial charge is 0.312 e. The maximum absolute atomic E-state index is 11.0. The van der Waals surface area contributed by atoms with Crippen LogP contribution in [0.25, 0.3) is 0 Å². The fourth-order valence-corrected chi connectivity index (χ4v) is 0.842. The topological polar surface area (TPSA) is 26.3 Å². The van der Waals surface area contributed by atoms with Crippen LogP contribution < -0.4 is 0 Å². The third kappa shape index (κ3) is 4.59. The van der Waals surface area contributed by atoms with Gasteiger partial charge in [0.05, 0.1) is 12.5 Å². The minimum Gasteiger partial charge on any atom is -0.466 e. The van der Waals surface area contributed by atoms with Crippen molar-refractivity contribution in [1.82, 2.24) is 0 Å². The minimum absolute atomic E-state index is 0.111. The number of allylic oxidation sites excluding steroid dienone is 1. The average molecular weight is 156 g/mol. The molecule has 0 saturated heterocycles. The highest BCUT2D eigenvalue weighted by atomic mass is 16.5. The molecule has 0 aromatic rings. The summed E-state index contributed by atoms with van der Waals surface area (Å²) in [6.45, 7) is 8.04. The first-order valence-electron chi connectivity index (χ1n) is 3.89. The van der Waals surface area contributed by atoms with Crippen LogP contribution in [0.15, 0.2) is 11.6 Å². The summed E-state index contributed by atoms with van der Waals surface area (Å²) >= 11 is 0. The molecule has 0 heterocycles. The highest BCUT2D eigenvalue weighted by molar-refractivity contribution is 5.74. The van der Waals surface area contributed by atoms with E-state index in [0.29, 0.717) is 6.61 Å². The van der Waals surface area contributed by atoms with E-state index >= 15 is 0 Å². The zero-order valence-electron chi connectivity index (χ0n) is 7.68. The van der Waals surface area contributed by atoms with E-state index < -0.39 is 0 Å². The normalized spacial score (nSPS) is 12.0. The van der Waals surface area contributed by atoms with Gasteiger partial charge in [0.1, 0.15) is 0 Å². The molecule has 0 spiro atoms. The van der Waals surface area contributed by atoms with E-state index in [4.69, 9.17) is 4.74 Å². The Balaban J connectivity index is 3.93. The summed E-state index contributed by atoms with van der Waals surface area (Å²) in [5.74, 6) is -0.256. The highest BCUT2D eigenvalue weighted by Crippen LogP contribution is 2.04. The number of carbonyl (C=O) groups excluding carboxylic acids is 1. The van der Waals surface area contributed by atoms with Crippen LogP contribution in [0.3, 0.4) is 0 Å². The van der Waals surface area contributed by atoms with E-state index in [1.54, 1.807) is 0 Å². The Labute approximate surface area is 68.2 Å². The predicted octanol–water partition coefficient (Wildman–Crippen LogP) is 2.15. The Morgan fingerprint density at radius 2 is 2.09 bits per heavy atom. The SMILES string of the molecule is CCOC(=O)C(C)C=C(C)C. The van der Waals surface area contributed by atoms with Gasteiger partial charge in [0.25, 0.3) is 0 Å². The summed E-state index contributed by atoms with van der Waals surface area (Å²) in [5.41, 5.74) is 1.14. The summed E-state index contributed by atoms with van der Waals surface area (Å²) in [6, 6.07) is 0. The minimum atomic E-state index is -0.145. The number of hydrogen-bond acceptors (Lipinski definition) is 2. The van der Waals surface area contributed by atoms with Gasteiger partial charge in [0, 0.05) is 0 Å². The molecule has 0 aliphatic rings. The Morgan fingerprint density at radius 3 is 2.45 bits per heavy atom. The maximum atomic E-state index is 11.0. The Kier molecular flexibility index (Phi) is 4.59. The fraction of sp³-hybridized carbons (Fsp3) is 0.667. The van der Waals surface area contributed by atoms with E-state index in [2.05, 4.69) is 0 Å². The highest BCUT2D eigenvalue weighted by Gasteiger charge is 2.09. The molecule has 0 aromatic heterocycles. The fourth-order valence-electron chi connectivity index (χ4n) is 0.842. The van der Waals surface area contributed by atoms with E-state index in [1.807, 2.05) is 33.8 Å². The quantitative estimate of drug-likeness (QED) is 0.462. The maximum Gasteiger partial charge on any atom is 0.312 e. The van der Waals surface area contributed by atoms with Gasteiger partial charge in [-0.05, 0) is 27.7 Å². The van der Waals surface area contributed by atoms with Gasteiger partial charge in [-0.15, -0.1) is 0 Å². The first-order chi connectivity index (χ1) is 5.07. The van der Waals surface area contributed by atoms with Crippen LogP contribution in [0.5, 0.6) is 0 Å². The first kappa shape index (κ1) is 10.2. The van der Waals surface area contributed by atoms with Crippen LogP contribution in [-0.2, 0) is 9.53 Å². The lowest BCUT2D eigenvalue weighted by molar-refractivity contribution is -0.145. The summed E-state index contributed by atoms with van der Waals surface area (Å²) in [7, 11) is 0. The lowest BCUT2D eigenvalue weighted by Crippen LogP contribution is -2.12. The molecule has 2 nitrogen and oxygen atoms in total. The molecular weight excluding hydrogens is 140 g/mol. The summed E-state index contributed by atoms with van der Waals surface area (Å²) < 4.78 is 4.82. The number of carbonyl (C=O) groups is 1. The van der Waals surface area contributed by atoms with Crippen molar-refractivity contribution in [3.63, 3.8) is 0 Å². The molecule has 0 aliphatic heterocycles. The largest absolute Gasteiger partial charge is 0.466 e. The van der Waals surface area contributed by atoms with E-state index in [0.717, 1.165) is 5.57 Å². The van der Waals surface area contributed by atoms with Crippen molar-refractivity contribution in [2.75, 3.05) is 6.61 Å². The van der Waals surface area contributed by atoms with Crippen LogP contribution in [0.2, 0.25) is 0 Å². The second-order valence-electron chi connectivity index (χ2n) is 2.78. The number of hydrogen-bond donors (Lipinski definition) is 0.